The SMILES string of the molecule is Cc1cccc(F)c1N1CC[C@@H](n2c(=O)n(Cc3ccccc3C(F)(F)F)c3c(OC4COC4)nccc32)C1. The Morgan fingerprint density at radius 1 is 1.10 bits per heavy atom. The van der Waals surface area contributed by atoms with E-state index in [1.807, 2.05) is 17.9 Å². The second-order valence-electron chi connectivity index (χ2n) is 9.95. The van der Waals surface area contributed by atoms with Gasteiger partial charge in [0.2, 0.25) is 5.88 Å². The lowest BCUT2D eigenvalue weighted by Gasteiger charge is -2.26. The smallest absolute Gasteiger partial charge is 0.416 e. The molecule has 7 nitrogen and oxygen atoms in total. The van der Waals surface area contributed by atoms with Crippen molar-refractivity contribution in [3.63, 3.8) is 0 Å². The van der Waals surface area contributed by atoms with E-state index < -0.39 is 17.4 Å². The van der Waals surface area contributed by atoms with Crippen molar-refractivity contribution < 1.29 is 27.0 Å². The van der Waals surface area contributed by atoms with Gasteiger partial charge in [-0.05, 0) is 42.7 Å². The molecule has 2 fully saturated rings. The van der Waals surface area contributed by atoms with Gasteiger partial charge in [-0.1, -0.05) is 30.3 Å². The monoisotopic (exact) mass is 542 g/mol. The topological polar surface area (TPSA) is 61.5 Å². The van der Waals surface area contributed by atoms with Crippen molar-refractivity contribution in [2.75, 3.05) is 31.2 Å². The number of aryl methyl sites for hydroxylation is 1. The Morgan fingerprint density at radius 3 is 2.62 bits per heavy atom. The number of hydrogen-bond donors (Lipinski definition) is 0. The van der Waals surface area contributed by atoms with Crippen molar-refractivity contribution >= 4 is 16.7 Å². The lowest BCUT2D eigenvalue weighted by atomic mass is 10.1. The van der Waals surface area contributed by atoms with Crippen LogP contribution in [-0.2, 0) is 17.5 Å². The largest absolute Gasteiger partial charge is 0.468 e. The molecule has 0 aliphatic carbocycles. The molecule has 0 bridgehead atoms. The molecule has 2 aliphatic heterocycles. The van der Waals surface area contributed by atoms with Gasteiger partial charge in [-0.2, -0.15) is 13.2 Å². The minimum Gasteiger partial charge on any atom is -0.468 e. The second-order valence-corrected chi connectivity index (χ2v) is 9.95. The predicted molar refractivity (Wildman–Crippen MR) is 137 cm³/mol. The third-order valence-corrected chi connectivity index (χ3v) is 7.41. The summed E-state index contributed by atoms with van der Waals surface area (Å²) in [5.41, 5.74) is 0.797. The van der Waals surface area contributed by atoms with Crippen molar-refractivity contribution in [2.24, 2.45) is 0 Å². The van der Waals surface area contributed by atoms with Crippen LogP contribution >= 0.6 is 0 Å². The van der Waals surface area contributed by atoms with Crippen LogP contribution < -0.4 is 15.3 Å². The number of fused-ring (bicyclic) bond motifs is 1. The highest BCUT2D eigenvalue weighted by atomic mass is 19.4. The fourth-order valence-corrected chi connectivity index (χ4v) is 5.51. The average molecular weight is 543 g/mol. The van der Waals surface area contributed by atoms with Crippen LogP contribution in [0.15, 0.2) is 59.5 Å². The van der Waals surface area contributed by atoms with Crippen LogP contribution in [0.25, 0.3) is 11.0 Å². The van der Waals surface area contributed by atoms with E-state index >= 15 is 0 Å². The normalized spacial score (nSPS) is 18.1. The fourth-order valence-electron chi connectivity index (χ4n) is 5.51. The molecule has 2 saturated heterocycles. The Bertz CT molecular complexity index is 1570. The van der Waals surface area contributed by atoms with Gasteiger partial charge < -0.3 is 14.4 Å². The number of aromatic nitrogens is 3. The van der Waals surface area contributed by atoms with Gasteiger partial charge in [0, 0.05) is 19.3 Å². The van der Waals surface area contributed by atoms with Crippen molar-refractivity contribution in [3.05, 3.63) is 87.7 Å². The van der Waals surface area contributed by atoms with E-state index in [2.05, 4.69) is 4.98 Å². The summed E-state index contributed by atoms with van der Waals surface area (Å²) < 4.78 is 70.2. The first-order valence-corrected chi connectivity index (χ1v) is 12.7. The van der Waals surface area contributed by atoms with Gasteiger partial charge in [-0.25, -0.2) is 14.2 Å². The van der Waals surface area contributed by atoms with Crippen LogP contribution in [0.5, 0.6) is 5.88 Å². The molecule has 11 heteroatoms. The van der Waals surface area contributed by atoms with Crippen molar-refractivity contribution in [1.29, 1.82) is 0 Å². The number of para-hydroxylation sites is 1. The van der Waals surface area contributed by atoms with E-state index in [0.29, 0.717) is 49.4 Å². The number of anilines is 1. The van der Waals surface area contributed by atoms with Crippen LogP contribution in [-0.4, -0.2) is 46.5 Å². The Balaban J connectivity index is 1.46. The molecule has 0 unspecified atom stereocenters. The maximum Gasteiger partial charge on any atom is 0.416 e. The van der Waals surface area contributed by atoms with E-state index in [-0.39, 0.29) is 36.0 Å². The number of hydrogen-bond acceptors (Lipinski definition) is 5. The van der Waals surface area contributed by atoms with Crippen LogP contribution in [0.3, 0.4) is 0 Å². The van der Waals surface area contributed by atoms with E-state index in [0.717, 1.165) is 11.6 Å². The second kappa shape index (κ2) is 9.71. The van der Waals surface area contributed by atoms with E-state index in [4.69, 9.17) is 9.47 Å². The maximum atomic E-state index is 14.7. The molecule has 2 aromatic carbocycles. The Labute approximate surface area is 221 Å². The van der Waals surface area contributed by atoms with Crippen LogP contribution in [0.1, 0.15) is 29.2 Å². The summed E-state index contributed by atoms with van der Waals surface area (Å²) in [4.78, 5) is 20.2. The molecule has 204 valence electrons. The summed E-state index contributed by atoms with van der Waals surface area (Å²) in [6.07, 6.45) is -2.76. The molecule has 1 atom stereocenters. The lowest BCUT2D eigenvalue weighted by Crippen LogP contribution is -2.38. The number of nitrogens with zero attached hydrogens (tertiary/aromatic N) is 4. The average Bonchev–Trinajstić information content (AvgIpc) is 3.44. The summed E-state index contributed by atoms with van der Waals surface area (Å²) in [6.45, 7) is 3.13. The van der Waals surface area contributed by atoms with Gasteiger partial charge in [0.1, 0.15) is 17.4 Å². The molecule has 0 amide bonds. The van der Waals surface area contributed by atoms with Gasteiger partial charge in [0.25, 0.3) is 0 Å². The quantitative estimate of drug-likeness (QED) is 0.323. The van der Waals surface area contributed by atoms with Crippen molar-refractivity contribution in [3.8, 4) is 5.88 Å². The standard InChI is InChI=1S/C28H26F4N4O3/c1-17-5-4-8-22(29)24(17)34-12-10-19(14-34)36-23-9-11-33-26(39-20-15-38-16-20)25(23)35(27(36)37)13-18-6-2-3-7-21(18)28(30,31)32/h2-9,11,19-20H,10,12-16H2,1H3/t19-/m1/s1. The zero-order chi connectivity index (χ0) is 27.3. The third-order valence-electron chi connectivity index (χ3n) is 7.41. The molecule has 0 radical (unpaired) electrons. The Kier molecular flexibility index (Phi) is 6.33. The molecular formula is C28H26F4N4O3. The number of halogens is 4. The minimum absolute atomic E-state index is 0.0389. The van der Waals surface area contributed by atoms with Gasteiger partial charge in [0.05, 0.1) is 42.6 Å². The maximum absolute atomic E-state index is 14.7. The highest BCUT2D eigenvalue weighted by Crippen LogP contribution is 2.36. The molecular weight excluding hydrogens is 516 g/mol. The van der Waals surface area contributed by atoms with Crippen molar-refractivity contribution in [1.82, 2.24) is 14.1 Å². The molecule has 2 aromatic heterocycles. The molecule has 0 spiro atoms. The molecule has 4 heterocycles. The summed E-state index contributed by atoms with van der Waals surface area (Å²) in [5.74, 6) is -0.169. The molecule has 4 aromatic rings. The number of imidazole rings is 1. The number of benzene rings is 2. The summed E-state index contributed by atoms with van der Waals surface area (Å²) in [6, 6.07) is 11.4. The summed E-state index contributed by atoms with van der Waals surface area (Å²) in [7, 11) is 0. The number of pyridine rings is 1. The van der Waals surface area contributed by atoms with Crippen LogP contribution in [0.4, 0.5) is 23.2 Å². The summed E-state index contributed by atoms with van der Waals surface area (Å²) >= 11 is 0. The third kappa shape index (κ3) is 4.54. The Hall–Kier alpha value is -3.86. The highest BCUT2D eigenvalue weighted by molar-refractivity contribution is 5.81. The van der Waals surface area contributed by atoms with Gasteiger partial charge in [-0.15, -0.1) is 0 Å². The van der Waals surface area contributed by atoms with Gasteiger partial charge >= 0.3 is 11.9 Å². The van der Waals surface area contributed by atoms with E-state index in [9.17, 15) is 22.4 Å². The fraction of sp³-hybridized carbons (Fsp3) is 0.357. The zero-order valence-corrected chi connectivity index (χ0v) is 21.1. The first-order chi connectivity index (χ1) is 18.7. The van der Waals surface area contributed by atoms with Gasteiger partial charge in [0.15, 0.2) is 0 Å². The predicted octanol–water partition coefficient (Wildman–Crippen LogP) is 4.94. The van der Waals surface area contributed by atoms with Crippen molar-refractivity contribution in [2.45, 2.75) is 38.2 Å². The zero-order valence-electron chi connectivity index (χ0n) is 21.1. The molecule has 6 rings (SSSR count). The molecule has 0 N–H and O–H groups in total. The molecule has 0 saturated carbocycles. The minimum atomic E-state index is -4.58. The highest BCUT2D eigenvalue weighted by Gasteiger charge is 2.35. The first-order valence-electron chi connectivity index (χ1n) is 12.7. The van der Waals surface area contributed by atoms with E-state index in [1.165, 1.54) is 35.0 Å². The lowest BCUT2D eigenvalue weighted by molar-refractivity contribution is -0.138. The van der Waals surface area contributed by atoms with Crippen LogP contribution in [0, 0.1) is 12.7 Å². The van der Waals surface area contributed by atoms with Crippen LogP contribution in [0.2, 0.25) is 0 Å². The number of ether oxygens (including phenoxy) is 2. The Morgan fingerprint density at radius 2 is 1.90 bits per heavy atom. The first kappa shape index (κ1) is 25.4. The number of rotatable bonds is 6. The summed E-state index contributed by atoms with van der Waals surface area (Å²) in [5, 5.41) is 0. The van der Waals surface area contributed by atoms with Gasteiger partial charge in [-0.3, -0.25) is 9.13 Å². The molecule has 2 aliphatic rings. The molecule has 39 heavy (non-hydrogen) atoms. The number of alkyl halides is 3. The van der Waals surface area contributed by atoms with E-state index in [1.54, 1.807) is 16.7 Å².